The van der Waals surface area contributed by atoms with Crippen molar-refractivity contribution in [3.05, 3.63) is 54.4 Å². The van der Waals surface area contributed by atoms with E-state index in [0.717, 1.165) is 44.6 Å². The molecule has 1 aromatic carbocycles. The van der Waals surface area contributed by atoms with Gasteiger partial charge >= 0.3 is 0 Å². The van der Waals surface area contributed by atoms with Crippen LogP contribution >= 0.6 is 0 Å². The molecule has 4 rings (SSSR count). The van der Waals surface area contributed by atoms with Gasteiger partial charge in [0.15, 0.2) is 5.96 Å². The van der Waals surface area contributed by atoms with E-state index in [9.17, 15) is 0 Å². The van der Waals surface area contributed by atoms with Gasteiger partial charge in [-0.25, -0.2) is 9.97 Å². The highest BCUT2D eigenvalue weighted by atomic mass is 15.4. The van der Waals surface area contributed by atoms with E-state index in [1.807, 2.05) is 13.1 Å². The summed E-state index contributed by atoms with van der Waals surface area (Å²) in [6, 6.07) is 12.9. The Morgan fingerprint density at radius 2 is 1.68 bits per heavy atom. The van der Waals surface area contributed by atoms with Crippen LogP contribution in [0.25, 0.3) is 0 Å². The molecule has 2 aromatic rings. The van der Waals surface area contributed by atoms with Gasteiger partial charge in [-0.05, 0) is 24.5 Å². The van der Waals surface area contributed by atoms with Crippen molar-refractivity contribution >= 4 is 11.9 Å². The van der Waals surface area contributed by atoms with Gasteiger partial charge in [-0.15, -0.1) is 0 Å². The second-order valence-electron chi connectivity index (χ2n) is 7.78. The van der Waals surface area contributed by atoms with Crippen LogP contribution in [0.2, 0.25) is 0 Å². The van der Waals surface area contributed by atoms with Crippen molar-refractivity contribution in [3.8, 4) is 0 Å². The Morgan fingerprint density at radius 1 is 1.00 bits per heavy atom. The highest BCUT2D eigenvalue weighted by molar-refractivity contribution is 5.80. The fraction of sp³-hybridized carbons (Fsp3) is 0.500. The third-order valence-electron chi connectivity index (χ3n) is 6.16. The lowest BCUT2D eigenvalue weighted by molar-refractivity contribution is 0.357. The van der Waals surface area contributed by atoms with E-state index >= 15 is 0 Å². The molecule has 6 nitrogen and oxygen atoms in total. The molecule has 2 aliphatic rings. The highest BCUT2D eigenvalue weighted by Crippen LogP contribution is 2.40. The number of aliphatic imine (C=N–C) groups is 1. The molecule has 6 heteroatoms. The summed E-state index contributed by atoms with van der Waals surface area (Å²) in [5.74, 6) is 1.83. The van der Waals surface area contributed by atoms with E-state index in [2.05, 4.69) is 60.4 Å². The molecule has 0 bridgehead atoms. The monoisotopic (exact) mass is 378 g/mol. The molecule has 1 aliphatic heterocycles. The Morgan fingerprint density at radius 3 is 2.32 bits per heavy atom. The SMILES string of the molecule is CN=C(NCC1(c2ccccc2)CCCC1)N1CCN(c2ncccn2)CC1. The second-order valence-corrected chi connectivity index (χ2v) is 7.78. The Balaban J connectivity index is 1.37. The summed E-state index contributed by atoms with van der Waals surface area (Å²) in [6.45, 7) is 4.63. The van der Waals surface area contributed by atoms with E-state index in [4.69, 9.17) is 0 Å². The van der Waals surface area contributed by atoms with Gasteiger partial charge in [0.25, 0.3) is 0 Å². The number of guanidine groups is 1. The summed E-state index contributed by atoms with van der Waals surface area (Å²) < 4.78 is 0. The molecule has 2 heterocycles. The molecule has 1 saturated heterocycles. The summed E-state index contributed by atoms with van der Waals surface area (Å²) >= 11 is 0. The maximum atomic E-state index is 4.58. The Kier molecular flexibility index (Phi) is 5.74. The predicted octanol–water partition coefficient (Wildman–Crippen LogP) is 2.69. The van der Waals surface area contributed by atoms with Gasteiger partial charge in [0.1, 0.15) is 0 Å². The average Bonchev–Trinajstić information content (AvgIpc) is 3.26. The van der Waals surface area contributed by atoms with Crippen molar-refractivity contribution in [1.29, 1.82) is 0 Å². The number of anilines is 1. The first-order valence-corrected chi connectivity index (χ1v) is 10.3. The van der Waals surface area contributed by atoms with E-state index in [1.54, 1.807) is 12.4 Å². The first kappa shape index (κ1) is 18.7. The number of hydrogen-bond donors (Lipinski definition) is 1. The zero-order chi connectivity index (χ0) is 19.2. The van der Waals surface area contributed by atoms with Crippen molar-refractivity contribution in [1.82, 2.24) is 20.2 Å². The second kappa shape index (κ2) is 8.59. The molecule has 0 amide bonds. The lowest BCUT2D eigenvalue weighted by Gasteiger charge is -2.38. The molecule has 1 N–H and O–H groups in total. The van der Waals surface area contributed by atoms with Crippen LogP contribution in [0, 0.1) is 0 Å². The summed E-state index contributed by atoms with van der Waals surface area (Å²) in [5.41, 5.74) is 1.69. The van der Waals surface area contributed by atoms with Gasteiger partial charge in [-0.2, -0.15) is 0 Å². The largest absolute Gasteiger partial charge is 0.355 e. The molecule has 0 radical (unpaired) electrons. The van der Waals surface area contributed by atoms with Crippen LogP contribution in [0.4, 0.5) is 5.95 Å². The molecule has 1 saturated carbocycles. The first-order valence-electron chi connectivity index (χ1n) is 10.3. The van der Waals surface area contributed by atoms with Gasteiger partial charge in [-0.3, -0.25) is 4.99 Å². The number of nitrogens with zero attached hydrogens (tertiary/aromatic N) is 5. The van der Waals surface area contributed by atoms with Crippen molar-refractivity contribution < 1.29 is 0 Å². The highest BCUT2D eigenvalue weighted by Gasteiger charge is 2.36. The van der Waals surface area contributed by atoms with Crippen LogP contribution in [0.1, 0.15) is 31.2 Å². The minimum Gasteiger partial charge on any atom is -0.355 e. The van der Waals surface area contributed by atoms with Crippen molar-refractivity contribution in [2.24, 2.45) is 4.99 Å². The molecule has 0 unspecified atom stereocenters. The number of piperazine rings is 1. The molecule has 2 fully saturated rings. The summed E-state index contributed by atoms with van der Waals surface area (Å²) in [5, 5.41) is 3.70. The van der Waals surface area contributed by atoms with Crippen molar-refractivity contribution in [2.45, 2.75) is 31.1 Å². The smallest absolute Gasteiger partial charge is 0.225 e. The van der Waals surface area contributed by atoms with Crippen LogP contribution in [-0.4, -0.2) is 60.6 Å². The molecular formula is C22H30N6. The zero-order valence-corrected chi connectivity index (χ0v) is 16.7. The van der Waals surface area contributed by atoms with E-state index in [-0.39, 0.29) is 5.41 Å². The molecule has 0 atom stereocenters. The fourth-order valence-corrected chi connectivity index (χ4v) is 4.56. The lowest BCUT2D eigenvalue weighted by Crippen LogP contribution is -2.54. The van der Waals surface area contributed by atoms with E-state index in [0.29, 0.717) is 0 Å². The van der Waals surface area contributed by atoms with Crippen LogP contribution in [0.15, 0.2) is 53.8 Å². The third-order valence-corrected chi connectivity index (χ3v) is 6.16. The Bertz CT molecular complexity index is 762. The standard InChI is InChI=1S/C22H30N6/c1-23-20(27-14-16-28(17-15-27)21-24-12-7-13-25-21)26-18-22(10-5-6-11-22)19-8-3-2-4-9-19/h2-4,7-9,12-13H,5-6,10-11,14-18H2,1H3,(H,23,26). The molecular weight excluding hydrogens is 348 g/mol. The van der Waals surface area contributed by atoms with Gasteiger partial charge < -0.3 is 15.1 Å². The summed E-state index contributed by atoms with van der Waals surface area (Å²) in [7, 11) is 1.89. The van der Waals surface area contributed by atoms with Crippen molar-refractivity contribution in [3.63, 3.8) is 0 Å². The number of rotatable bonds is 4. The maximum Gasteiger partial charge on any atom is 0.225 e. The van der Waals surface area contributed by atoms with Crippen molar-refractivity contribution in [2.75, 3.05) is 44.7 Å². The van der Waals surface area contributed by atoms with E-state index in [1.165, 1.54) is 31.2 Å². The minimum atomic E-state index is 0.233. The van der Waals surface area contributed by atoms with Crippen LogP contribution in [0.5, 0.6) is 0 Å². The molecule has 0 spiro atoms. The maximum absolute atomic E-state index is 4.58. The average molecular weight is 379 g/mol. The van der Waals surface area contributed by atoms with Crippen LogP contribution < -0.4 is 10.2 Å². The number of nitrogens with one attached hydrogen (secondary N) is 1. The molecule has 1 aliphatic carbocycles. The summed E-state index contributed by atoms with van der Waals surface area (Å²) in [6.07, 6.45) is 8.73. The fourth-order valence-electron chi connectivity index (χ4n) is 4.56. The summed E-state index contributed by atoms with van der Waals surface area (Å²) in [4.78, 5) is 17.9. The predicted molar refractivity (Wildman–Crippen MR) is 114 cm³/mol. The molecule has 28 heavy (non-hydrogen) atoms. The van der Waals surface area contributed by atoms with Gasteiger partial charge in [0.05, 0.1) is 0 Å². The van der Waals surface area contributed by atoms with Gasteiger partial charge in [0, 0.05) is 57.6 Å². The quantitative estimate of drug-likeness (QED) is 0.655. The van der Waals surface area contributed by atoms with Gasteiger partial charge in [-0.1, -0.05) is 43.2 Å². The lowest BCUT2D eigenvalue weighted by atomic mass is 9.79. The zero-order valence-electron chi connectivity index (χ0n) is 16.7. The number of benzene rings is 1. The molecule has 148 valence electrons. The minimum absolute atomic E-state index is 0.233. The van der Waals surface area contributed by atoms with Crippen LogP contribution in [0.3, 0.4) is 0 Å². The Hall–Kier alpha value is -2.63. The Labute approximate surface area is 167 Å². The first-order chi connectivity index (χ1) is 13.8. The third kappa shape index (κ3) is 3.96. The number of hydrogen-bond acceptors (Lipinski definition) is 4. The van der Waals surface area contributed by atoms with Crippen LogP contribution in [-0.2, 0) is 5.41 Å². The normalized spacial score (nSPS) is 19.7. The molecule has 1 aromatic heterocycles. The van der Waals surface area contributed by atoms with Gasteiger partial charge in [0.2, 0.25) is 5.95 Å². The number of aromatic nitrogens is 2. The topological polar surface area (TPSA) is 56.7 Å². The van der Waals surface area contributed by atoms with E-state index < -0.39 is 0 Å².